The molecule has 2 aromatic carbocycles. The van der Waals surface area contributed by atoms with Gasteiger partial charge >= 0.3 is 0 Å². The van der Waals surface area contributed by atoms with Crippen LogP contribution in [0.25, 0.3) is 0 Å². The van der Waals surface area contributed by atoms with Gasteiger partial charge < -0.3 is 14.5 Å². The molecule has 1 heterocycles. The highest BCUT2D eigenvalue weighted by Crippen LogP contribution is 2.23. The Morgan fingerprint density at radius 3 is 1.67 bits per heavy atom. The molecule has 1 aliphatic heterocycles. The summed E-state index contributed by atoms with van der Waals surface area (Å²) in [4.78, 5) is 42.5. The summed E-state index contributed by atoms with van der Waals surface area (Å²) in [5.74, 6) is 0.394. The molecule has 1 fully saturated rings. The van der Waals surface area contributed by atoms with E-state index in [0.29, 0.717) is 54.5 Å². The summed E-state index contributed by atoms with van der Waals surface area (Å²) < 4.78 is 6.07. The molecule has 256 valence electrons. The number of allylic oxidation sites excluding steroid dienone is 10. The fourth-order valence-electron chi connectivity index (χ4n) is 5.22. The number of hydrogen-bond acceptors (Lipinski definition) is 4. The molecule has 3 rings (SSSR count). The Bertz CT molecular complexity index is 1440. The summed E-state index contributed by atoms with van der Waals surface area (Å²) in [6.07, 6.45) is 28.9. The third-order valence-corrected chi connectivity index (χ3v) is 8.20. The number of unbranched alkanes of at least 4 members (excludes halogenated alkanes) is 1. The SMILES string of the molecule is CC/C=C\C/C=C\C/C=C\C/C=C\C/C=C\CCCC(=O)N1CCN(C(=O)C(C)(C)Oc2ccc(C(=O)c3ccc(Cl)cc3)cc2)CC1. The average Bonchev–Trinajstić information content (AvgIpc) is 3.09. The molecule has 0 aromatic heterocycles. The minimum absolute atomic E-state index is 0.116. The van der Waals surface area contributed by atoms with Crippen LogP contribution in [0, 0.1) is 0 Å². The summed E-state index contributed by atoms with van der Waals surface area (Å²) in [5.41, 5.74) is -0.0336. The van der Waals surface area contributed by atoms with Gasteiger partial charge in [-0.1, -0.05) is 79.3 Å². The first-order valence-electron chi connectivity index (χ1n) is 17.1. The highest BCUT2D eigenvalue weighted by Gasteiger charge is 2.36. The number of benzene rings is 2. The van der Waals surface area contributed by atoms with Gasteiger partial charge in [-0.3, -0.25) is 14.4 Å². The van der Waals surface area contributed by atoms with Crippen molar-refractivity contribution in [1.29, 1.82) is 0 Å². The van der Waals surface area contributed by atoms with Crippen LogP contribution in [0.3, 0.4) is 0 Å². The van der Waals surface area contributed by atoms with Crippen molar-refractivity contribution >= 4 is 29.2 Å². The number of nitrogens with zero attached hydrogens (tertiary/aromatic N) is 2. The van der Waals surface area contributed by atoms with E-state index < -0.39 is 5.60 Å². The molecule has 0 spiro atoms. The van der Waals surface area contributed by atoms with Gasteiger partial charge in [0.2, 0.25) is 5.91 Å². The van der Waals surface area contributed by atoms with Crippen LogP contribution in [0.15, 0.2) is 109 Å². The van der Waals surface area contributed by atoms with Crippen LogP contribution in [-0.4, -0.2) is 59.2 Å². The fraction of sp³-hybridized carbons (Fsp3) is 0.390. The number of carbonyl (C=O) groups is 3. The van der Waals surface area contributed by atoms with Gasteiger partial charge in [-0.15, -0.1) is 0 Å². The van der Waals surface area contributed by atoms with E-state index in [-0.39, 0.29) is 17.6 Å². The third-order valence-electron chi connectivity index (χ3n) is 7.95. The van der Waals surface area contributed by atoms with Crippen molar-refractivity contribution in [2.75, 3.05) is 26.2 Å². The molecule has 0 saturated carbocycles. The molecule has 0 N–H and O–H groups in total. The molecule has 2 aromatic rings. The number of amides is 2. The van der Waals surface area contributed by atoms with Crippen LogP contribution >= 0.6 is 11.6 Å². The van der Waals surface area contributed by atoms with Gasteiger partial charge in [0, 0.05) is 48.7 Å². The highest BCUT2D eigenvalue weighted by molar-refractivity contribution is 6.30. The van der Waals surface area contributed by atoms with E-state index in [4.69, 9.17) is 16.3 Å². The Labute approximate surface area is 292 Å². The lowest BCUT2D eigenvalue weighted by molar-refractivity contribution is -0.149. The van der Waals surface area contributed by atoms with Crippen LogP contribution in [0.4, 0.5) is 0 Å². The fourth-order valence-corrected chi connectivity index (χ4v) is 5.34. The van der Waals surface area contributed by atoms with E-state index in [2.05, 4.69) is 67.7 Å². The third kappa shape index (κ3) is 13.5. The molecule has 0 atom stereocenters. The van der Waals surface area contributed by atoms with Crippen molar-refractivity contribution in [3.63, 3.8) is 0 Å². The normalized spacial score (nSPS) is 14.3. The molecule has 48 heavy (non-hydrogen) atoms. The molecule has 6 nitrogen and oxygen atoms in total. The second-order valence-electron chi connectivity index (χ2n) is 12.2. The molecule has 7 heteroatoms. The monoisotopic (exact) mass is 670 g/mol. The van der Waals surface area contributed by atoms with Crippen molar-refractivity contribution in [2.45, 2.75) is 77.7 Å². The number of ketones is 1. The topological polar surface area (TPSA) is 66.9 Å². The second kappa shape index (κ2) is 20.9. The number of piperazine rings is 1. The maximum absolute atomic E-state index is 13.3. The lowest BCUT2D eigenvalue weighted by Gasteiger charge is -2.38. The molecule has 1 saturated heterocycles. The summed E-state index contributed by atoms with van der Waals surface area (Å²) in [5, 5.41) is 0.572. The molecule has 0 aliphatic carbocycles. The second-order valence-corrected chi connectivity index (χ2v) is 12.7. The molecule has 1 aliphatic rings. The average molecular weight is 671 g/mol. The predicted molar refractivity (Wildman–Crippen MR) is 198 cm³/mol. The van der Waals surface area contributed by atoms with Crippen molar-refractivity contribution in [1.82, 2.24) is 9.80 Å². The molecule has 2 amide bonds. The summed E-state index contributed by atoms with van der Waals surface area (Å²) in [7, 11) is 0. The smallest absolute Gasteiger partial charge is 0.266 e. The largest absolute Gasteiger partial charge is 0.478 e. The van der Waals surface area contributed by atoms with Crippen LogP contribution in [0.1, 0.15) is 88.1 Å². The van der Waals surface area contributed by atoms with Crippen molar-refractivity contribution in [2.24, 2.45) is 0 Å². The van der Waals surface area contributed by atoms with E-state index >= 15 is 0 Å². The van der Waals surface area contributed by atoms with E-state index in [1.807, 2.05) is 4.90 Å². The Morgan fingerprint density at radius 1 is 0.688 bits per heavy atom. The van der Waals surface area contributed by atoms with Gasteiger partial charge in [-0.05, 0) is 107 Å². The highest BCUT2D eigenvalue weighted by atomic mass is 35.5. The van der Waals surface area contributed by atoms with E-state index in [9.17, 15) is 14.4 Å². The zero-order chi connectivity index (χ0) is 34.6. The first kappa shape index (κ1) is 38.3. The Balaban J connectivity index is 1.30. The molecule has 0 bridgehead atoms. The van der Waals surface area contributed by atoms with Crippen molar-refractivity contribution in [3.8, 4) is 5.75 Å². The first-order chi connectivity index (χ1) is 23.2. The van der Waals surface area contributed by atoms with Crippen LogP contribution < -0.4 is 4.74 Å². The lowest BCUT2D eigenvalue weighted by atomic mass is 10.0. The van der Waals surface area contributed by atoms with Crippen LogP contribution in [0.5, 0.6) is 5.75 Å². The van der Waals surface area contributed by atoms with Gasteiger partial charge in [-0.2, -0.15) is 0 Å². The standard InChI is InChI=1S/C41H51ClN2O4/c1-4-5-6-7-8-9-10-11-12-13-14-15-16-17-18-19-20-21-38(45)43-30-32-44(33-31-43)40(47)41(2,3)48-37-28-24-35(25-29-37)39(46)34-22-26-36(42)27-23-34/h5-6,8-9,11-12,14-15,17-18,22-29H,4,7,10,13,16,19-21,30-33H2,1-3H3/b6-5-,9-8-,12-11-,15-14-,18-17-. The van der Waals surface area contributed by atoms with E-state index in [0.717, 1.165) is 44.9 Å². The number of rotatable bonds is 18. The van der Waals surface area contributed by atoms with Crippen LogP contribution in [0.2, 0.25) is 5.02 Å². The number of halogens is 1. The number of carbonyl (C=O) groups excluding carboxylic acids is 3. The Kier molecular flexibility index (Phi) is 16.7. The maximum Gasteiger partial charge on any atom is 0.266 e. The zero-order valence-corrected chi connectivity index (χ0v) is 29.5. The van der Waals surface area contributed by atoms with Crippen LogP contribution in [-0.2, 0) is 9.59 Å². The van der Waals surface area contributed by atoms with Crippen molar-refractivity contribution < 1.29 is 19.1 Å². The minimum atomic E-state index is -1.10. The Morgan fingerprint density at radius 2 is 1.15 bits per heavy atom. The zero-order valence-electron chi connectivity index (χ0n) is 28.8. The summed E-state index contributed by atoms with van der Waals surface area (Å²) >= 11 is 5.93. The first-order valence-corrected chi connectivity index (χ1v) is 17.5. The minimum Gasteiger partial charge on any atom is -0.478 e. The van der Waals surface area contributed by atoms with Gasteiger partial charge in [-0.25, -0.2) is 0 Å². The molecular weight excluding hydrogens is 620 g/mol. The van der Waals surface area contributed by atoms with Gasteiger partial charge in [0.25, 0.3) is 5.91 Å². The predicted octanol–water partition coefficient (Wildman–Crippen LogP) is 9.32. The van der Waals surface area contributed by atoms with Gasteiger partial charge in [0.05, 0.1) is 0 Å². The quantitative estimate of drug-likeness (QED) is 0.0901. The Hall–Kier alpha value is -4.16. The lowest BCUT2D eigenvalue weighted by Crippen LogP contribution is -2.56. The molecule has 0 unspecified atom stereocenters. The molecule has 0 radical (unpaired) electrons. The summed E-state index contributed by atoms with van der Waals surface area (Å²) in [6, 6.07) is 13.5. The molecular formula is C41H51ClN2O4. The van der Waals surface area contributed by atoms with Crippen molar-refractivity contribution in [3.05, 3.63) is 125 Å². The van der Waals surface area contributed by atoms with E-state index in [1.54, 1.807) is 67.3 Å². The maximum atomic E-state index is 13.3. The summed E-state index contributed by atoms with van der Waals surface area (Å²) in [6.45, 7) is 7.61. The van der Waals surface area contributed by atoms with Gasteiger partial charge in [0.15, 0.2) is 11.4 Å². The van der Waals surface area contributed by atoms with E-state index in [1.165, 1.54) is 0 Å². The van der Waals surface area contributed by atoms with Gasteiger partial charge in [0.1, 0.15) is 5.75 Å². The number of ether oxygens (including phenoxy) is 1. The number of hydrogen-bond donors (Lipinski definition) is 0.